The van der Waals surface area contributed by atoms with Gasteiger partial charge in [-0.2, -0.15) is 0 Å². The van der Waals surface area contributed by atoms with Crippen molar-refractivity contribution in [3.63, 3.8) is 0 Å². The number of nitrogens with zero attached hydrogens (tertiary/aromatic N) is 2. The highest BCUT2D eigenvalue weighted by Gasteiger charge is 2.29. The van der Waals surface area contributed by atoms with Gasteiger partial charge < -0.3 is 19.8 Å². The van der Waals surface area contributed by atoms with Gasteiger partial charge in [0.2, 0.25) is 0 Å². The van der Waals surface area contributed by atoms with Crippen LogP contribution in [0, 0.1) is 0 Å². The quantitative estimate of drug-likeness (QED) is 0.942. The standard InChI is InChI=1S/C16H21N3O2/c1-10(2)19-9-18-8-14(19)16-7-13(17)12-5-4-11(20-3)6-15(12)21-16/h4-6,8-10,13,16H,7,17H2,1-3H3/t13-,16?/m0/s1. The minimum atomic E-state index is -0.0792. The molecule has 0 spiro atoms. The Morgan fingerprint density at radius 1 is 1.43 bits per heavy atom. The van der Waals surface area contributed by atoms with Gasteiger partial charge in [0.15, 0.2) is 0 Å². The molecule has 5 nitrogen and oxygen atoms in total. The first kappa shape index (κ1) is 13.9. The van der Waals surface area contributed by atoms with E-state index < -0.39 is 0 Å². The molecule has 2 aromatic rings. The highest BCUT2D eigenvalue weighted by molar-refractivity contribution is 5.44. The van der Waals surface area contributed by atoms with Crippen LogP contribution in [0.15, 0.2) is 30.7 Å². The summed E-state index contributed by atoms with van der Waals surface area (Å²) >= 11 is 0. The van der Waals surface area contributed by atoms with Crippen molar-refractivity contribution in [2.75, 3.05) is 7.11 Å². The summed E-state index contributed by atoms with van der Waals surface area (Å²) in [6.07, 6.45) is 4.38. The summed E-state index contributed by atoms with van der Waals surface area (Å²) in [4.78, 5) is 4.25. The molecule has 0 aliphatic carbocycles. The van der Waals surface area contributed by atoms with Gasteiger partial charge in [-0.25, -0.2) is 4.98 Å². The molecule has 2 heterocycles. The van der Waals surface area contributed by atoms with E-state index in [9.17, 15) is 0 Å². The molecule has 1 aliphatic heterocycles. The summed E-state index contributed by atoms with van der Waals surface area (Å²) in [5, 5.41) is 0. The van der Waals surface area contributed by atoms with E-state index in [0.29, 0.717) is 6.04 Å². The van der Waals surface area contributed by atoms with Crippen LogP contribution in [0.3, 0.4) is 0 Å². The zero-order valence-corrected chi connectivity index (χ0v) is 12.6. The summed E-state index contributed by atoms with van der Waals surface area (Å²) in [5.41, 5.74) is 8.40. The van der Waals surface area contributed by atoms with Crippen LogP contribution in [0.25, 0.3) is 0 Å². The van der Waals surface area contributed by atoms with Gasteiger partial charge in [-0.1, -0.05) is 6.07 Å². The van der Waals surface area contributed by atoms with Crippen molar-refractivity contribution in [3.05, 3.63) is 42.0 Å². The first-order valence-electron chi connectivity index (χ1n) is 7.22. The normalized spacial score (nSPS) is 21.0. The molecule has 1 aromatic carbocycles. The van der Waals surface area contributed by atoms with Crippen molar-refractivity contribution < 1.29 is 9.47 Å². The third-order valence-electron chi connectivity index (χ3n) is 3.94. The Morgan fingerprint density at radius 2 is 2.24 bits per heavy atom. The second kappa shape index (κ2) is 5.41. The Hall–Kier alpha value is -2.01. The summed E-state index contributed by atoms with van der Waals surface area (Å²) in [6, 6.07) is 6.10. The Bertz CT molecular complexity index is 636. The first-order valence-corrected chi connectivity index (χ1v) is 7.22. The average molecular weight is 287 g/mol. The van der Waals surface area contributed by atoms with Crippen LogP contribution in [0.2, 0.25) is 0 Å². The summed E-state index contributed by atoms with van der Waals surface area (Å²) in [6.45, 7) is 4.26. The van der Waals surface area contributed by atoms with E-state index in [-0.39, 0.29) is 12.1 Å². The van der Waals surface area contributed by atoms with Gasteiger partial charge in [0, 0.05) is 30.1 Å². The molecule has 0 fully saturated rings. The average Bonchev–Trinajstić information content (AvgIpc) is 2.96. The molecule has 112 valence electrons. The van der Waals surface area contributed by atoms with Crippen molar-refractivity contribution >= 4 is 0 Å². The van der Waals surface area contributed by atoms with E-state index in [1.54, 1.807) is 7.11 Å². The predicted octanol–water partition coefficient (Wildman–Crippen LogP) is 3.00. The van der Waals surface area contributed by atoms with Crippen molar-refractivity contribution in [3.8, 4) is 11.5 Å². The highest BCUT2D eigenvalue weighted by atomic mass is 16.5. The second-order valence-corrected chi connectivity index (χ2v) is 5.67. The minimum Gasteiger partial charge on any atom is -0.497 e. The number of rotatable bonds is 3. The summed E-state index contributed by atoms with van der Waals surface area (Å²) in [5.74, 6) is 1.58. The number of nitrogens with two attached hydrogens (primary N) is 1. The SMILES string of the molecule is COc1ccc2c(c1)OC(c1cncn1C(C)C)C[C@@H]2N. The fraction of sp³-hybridized carbons (Fsp3) is 0.438. The molecule has 2 atom stereocenters. The molecule has 1 aromatic heterocycles. The van der Waals surface area contributed by atoms with Gasteiger partial charge in [-0.05, 0) is 19.9 Å². The molecular weight excluding hydrogens is 266 g/mol. The molecule has 0 amide bonds. The molecule has 1 unspecified atom stereocenters. The number of methoxy groups -OCH3 is 1. The third-order valence-corrected chi connectivity index (χ3v) is 3.94. The number of ether oxygens (including phenoxy) is 2. The fourth-order valence-electron chi connectivity index (χ4n) is 2.79. The Balaban J connectivity index is 1.95. The number of imidazole rings is 1. The van der Waals surface area contributed by atoms with E-state index in [4.69, 9.17) is 15.2 Å². The fourth-order valence-corrected chi connectivity index (χ4v) is 2.79. The lowest BCUT2D eigenvalue weighted by Crippen LogP contribution is -2.26. The van der Waals surface area contributed by atoms with Crippen LogP contribution >= 0.6 is 0 Å². The topological polar surface area (TPSA) is 62.3 Å². The van der Waals surface area contributed by atoms with Gasteiger partial charge in [0.1, 0.15) is 17.6 Å². The van der Waals surface area contributed by atoms with Crippen LogP contribution in [-0.2, 0) is 0 Å². The molecule has 0 saturated heterocycles. The molecule has 0 bridgehead atoms. The molecule has 1 aliphatic rings. The number of benzene rings is 1. The van der Waals surface area contributed by atoms with E-state index in [0.717, 1.165) is 29.2 Å². The smallest absolute Gasteiger partial charge is 0.142 e. The van der Waals surface area contributed by atoms with Crippen LogP contribution in [-0.4, -0.2) is 16.7 Å². The van der Waals surface area contributed by atoms with Crippen molar-refractivity contribution in [2.24, 2.45) is 5.73 Å². The lowest BCUT2D eigenvalue weighted by Gasteiger charge is -2.31. The van der Waals surface area contributed by atoms with Gasteiger partial charge in [0.05, 0.1) is 25.3 Å². The van der Waals surface area contributed by atoms with Gasteiger partial charge in [-0.15, -0.1) is 0 Å². The lowest BCUT2D eigenvalue weighted by molar-refractivity contribution is 0.151. The van der Waals surface area contributed by atoms with E-state index >= 15 is 0 Å². The number of aromatic nitrogens is 2. The highest BCUT2D eigenvalue weighted by Crippen LogP contribution is 2.41. The van der Waals surface area contributed by atoms with E-state index in [1.165, 1.54) is 0 Å². The van der Waals surface area contributed by atoms with E-state index in [1.807, 2.05) is 30.7 Å². The lowest BCUT2D eigenvalue weighted by atomic mass is 9.95. The van der Waals surface area contributed by atoms with Crippen LogP contribution in [0.1, 0.15) is 49.7 Å². The maximum atomic E-state index is 6.31. The zero-order chi connectivity index (χ0) is 15.0. The molecule has 2 N–H and O–H groups in total. The maximum absolute atomic E-state index is 6.31. The number of hydrogen-bond acceptors (Lipinski definition) is 4. The van der Waals surface area contributed by atoms with Gasteiger partial charge in [0.25, 0.3) is 0 Å². The second-order valence-electron chi connectivity index (χ2n) is 5.67. The van der Waals surface area contributed by atoms with Crippen molar-refractivity contribution in [2.45, 2.75) is 38.5 Å². The molecule has 21 heavy (non-hydrogen) atoms. The maximum Gasteiger partial charge on any atom is 0.142 e. The van der Waals surface area contributed by atoms with Gasteiger partial charge in [-0.3, -0.25) is 0 Å². The molecular formula is C16H21N3O2. The predicted molar refractivity (Wildman–Crippen MR) is 80.5 cm³/mol. The molecule has 3 rings (SSSR count). The van der Waals surface area contributed by atoms with Gasteiger partial charge >= 0.3 is 0 Å². The Kier molecular flexibility index (Phi) is 3.59. The third kappa shape index (κ3) is 2.49. The zero-order valence-electron chi connectivity index (χ0n) is 12.6. The number of hydrogen-bond donors (Lipinski definition) is 1. The van der Waals surface area contributed by atoms with Crippen LogP contribution < -0.4 is 15.2 Å². The summed E-state index contributed by atoms with van der Waals surface area (Å²) < 4.78 is 13.6. The van der Waals surface area contributed by atoms with Crippen molar-refractivity contribution in [1.29, 1.82) is 0 Å². The largest absolute Gasteiger partial charge is 0.497 e. The number of fused-ring (bicyclic) bond motifs is 1. The van der Waals surface area contributed by atoms with E-state index in [2.05, 4.69) is 23.4 Å². The van der Waals surface area contributed by atoms with Crippen LogP contribution in [0.4, 0.5) is 0 Å². The van der Waals surface area contributed by atoms with Crippen LogP contribution in [0.5, 0.6) is 11.5 Å². The molecule has 5 heteroatoms. The molecule has 0 saturated carbocycles. The summed E-state index contributed by atoms with van der Waals surface area (Å²) in [7, 11) is 1.65. The Morgan fingerprint density at radius 3 is 2.95 bits per heavy atom. The minimum absolute atomic E-state index is 0.0415. The monoisotopic (exact) mass is 287 g/mol. The Labute approximate surface area is 124 Å². The van der Waals surface area contributed by atoms with Crippen molar-refractivity contribution in [1.82, 2.24) is 9.55 Å². The molecule has 0 radical (unpaired) electrons. The first-order chi connectivity index (χ1) is 10.1.